The van der Waals surface area contributed by atoms with Crippen molar-refractivity contribution in [1.82, 2.24) is 14.4 Å². The third-order valence-electron chi connectivity index (χ3n) is 4.49. The molecule has 4 aromatic rings. The minimum Gasteiger partial charge on any atom is -0.465 e. The molecule has 0 saturated heterocycles. The summed E-state index contributed by atoms with van der Waals surface area (Å²) in [5.74, 6) is 0.639. The molecule has 27 heavy (non-hydrogen) atoms. The van der Waals surface area contributed by atoms with Gasteiger partial charge >= 0.3 is 6.09 Å². The zero-order valence-electron chi connectivity index (χ0n) is 15.4. The molecule has 1 N–H and O–H groups in total. The summed E-state index contributed by atoms with van der Waals surface area (Å²) in [6.45, 7) is 5.62. The van der Waals surface area contributed by atoms with E-state index in [1.807, 2.05) is 79.8 Å². The van der Waals surface area contributed by atoms with E-state index in [2.05, 4.69) is 9.97 Å². The lowest BCUT2D eigenvalue weighted by molar-refractivity contribution is 0.195. The Morgan fingerprint density at radius 3 is 2.41 bits per heavy atom. The summed E-state index contributed by atoms with van der Waals surface area (Å²) >= 11 is 0. The Bertz CT molecular complexity index is 1140. The van der Waals surface area contributed by atoms with Crippen LogP contribution in [0.15, 0.2) is 60.8 Å². The van der Waals surface area contributed by atoms with Crippen LogP contribution in [0.3, 0.4) is 0 Å². The van der Waals surface area contributed by atoms with Gasteiger partial charge in [0, 0.05) is 17.4 Å². The van der Waals surface area contributed by atoms with Gasteiger partial charge in [-0.05, 0) is 56.7 Å². The number of anilines is 1. The second-order valence-electron chi connectivity index (χ2n) is 7.40. The van der Waals surface area contributed by atoms with Gasteiger partial charge in [0.1, 0.15) is 0 Å². The maximum absolute atomic E-state index is 11.7. The number of carboxylic acid groups (broad SMARTS) is 1. The second-order valence-corrected chi connectivity index (χ2v) is 7.40. The topological polar surface area (TPSA) is 70.7 Å². The van der Waals surface area contributed by atoms with Crippen LogP contribution in [-0.4, -0.2) is 31.1 Å². The zero-order valence-corrected chi connectivity index (χ0v) is 15.4. The predicted molar refractivity (Wildman–Crippen MR) is 106 cm³/mol. The number of fused-ring (bicyclic) bond motifs is 3. The SMILES string of the molecule is CC(C)(C)N(C(=O)O)c1ccc(-c2ccnc3nc4ccccc4n23)cc1. The van der Waals surface area contributed by atoms with Crippen LogP contribution in [0.5, 0.6) is 0 Å². The molecular weight excluding hydrogens is 340 g/mol. The third-order valence-corrected chi connectivity index (χ3v) is 4.49. The molecule has 0 spiro atoms. The normalized spacial score (nSPS) is 11.8. The second kappa shape index (κ2) is 6.09. The summed E-state index contributed by atoms with van der Waals surface area (Å²) in [6.07, 6.45) is 0.769. The summed E-state index contributed by atoms with van der Waals surface area (Å²) in [7, 11) is 0. The van der Waals surface area contributed by atoms with Crippen LogP contribution in [-0.2, 0) is 0 Å². The van der Waals surface area contributed by atoms with Crippen LogP contribution < -0.4 is 4.90 Å². The van der Waals surface area contributed by atoms with E-state index in [0.717, 1.165) is 22.3 Å². The maximum Gasteiger partial charge on any atom is 0.412 e. The van der Waals surface area contributed by atoms with Gasteiger partial charge in [0.15, 0.2) is 0 Å². The number of amides is 1. The molecule has 0 saturated carbocycles. The van der Waals surface area contributed by atoms with Gasteiger partial charge in [-0.3, -0.25) is 9.30 Å². The first-order valence-electron chi connectivity index (χ1n) is 8.72. The van der Waals surface area contributed by atoms with Gasteiger partial charge in [0.05, 0.1) is 16.7 Å². The summed E-state index contributed by atoms with van der Waals surface area (Å²) in [5.41, 5.74) is 3.91. The zero-order chi connectivity index (χ0) is 19.2. The highest BCUT2D eigenvalue weighted by atomic mass is 16.4. The molecule has 6 heteroatoms. The number of aromatic nitrogens is 3. The lowest BCUT2D eigenvalue weighted by Gasteiger charge is -2.33. The Morgan fingerprint density at radius 2 is 1.74 bits per heavy atom. The van der Waals surface area contributed by atoms with Crippen LogP contribution in [0, 0.1) is 0 Å². The van der Waals surface area contributed by atoms with Gasteiger partial charge < -0.3 is 5.11 Å². The molecule has 2 aromatic carbocycles. The molecule has 0 unspecified atom stereocenters. The fraction of sp³-hybridized carbons (Fsp3) is 0.190. The average Bonchev–Trinajstić information content (AvgIpc) is 2.99. The summed E-state index contributed by atoms with van der Waals surface area (Å²) in [5, 5.41) is 9.59. The largest absolute Gasteiger partial charge is 0.465 e. The standard InChI is InChI=1S/C21H20N4O2/c1-21(2,3)25(20(26)27)15-10-8-14(9-11-15)17-12-13-22-19-23-16-6-4-5-7-18(16)24(17)19/h4-13H,1-3H3,(H,26,27). The van der Waals surface area contributed by atoms with Crippen molar-refractivity contribution in [1.29, 1.82) is 0 Å². The van der Waals surface area contributed by atoms with Crippen molar-refractivity contribution >= 4 is 28.6 Å². The fourth-order valence-electron chi connectivity index (χ4n) is 3.38. The Labute approximate surface area is 156 Å². The molecule has 2 aromatic heterocycles. The number of benzene rings is 2. The highest BCUT2D eigenvalue weighted by molar-refractivity contribution is 5.88. The number of imidazole rings is 1. The molecule has 0 fully saturated rings. The van der Waals surface area contributed by atoms with E-state index in [1.54, 1.807) is 6.20 Å². The van der Waals surface area contributed by atoms with E-state index in [4.69, 9.17) is 0 Å². The first kappa shape index (κ1) is 17.0. The van der Waals surface area contributed by atoms with E-state index >= 15 is 0 Å². The molecule has 2 heterocycles. The first-order valence-corrected chi connectivity index (χ1v) is 8.72. The number of carbonyl (C=O) groups is 1. The molecule has 0 atom stereocenters. The number of hydrogen-bond donors (Lipinski definition) is 1. The molecule has 4 rings (SSSR count). The molecule has 0 aliphatic carbocycles. The van der Waals surface area contributed by atoms with Gasteiger partial charge in [-0.25, -0.2) is 14.8 Å². The van der Waals surface area contributed by atoms with E-state index in [9.17, 15) is 9.90 Å². The van der Waals surface area contributed by atoms with Crippen molar-refractivity contribution in [2.45, 2.75) is 26.3 Å². The monoisotopic (exact) mass is 360 g/mol. The highest BCUT2D eigenvalue weighted by Gasteiger charge is 2.27. The van der Waals surface area contributed by atoms with Gasteiger partial charge in [-0.1, -0.05) is 24.3 Å². The van der Waals surface area contributed by atoms with Crippen LogP contribution in [0.4, 0.5) is 10.5 Å². The smallest absolute Gasteiger partial charge is 0.412 e. The Kier molecular flexibility index (Phi) is 3.84. The van der Waals surface area contributed by atoms with Gasteiger partial charge in [-0.2, -0.15) is 0 Å². The van der Waals surface area contributed by atoms with Crippen molar-refractivity contribution in [2.24, 2.45) is 0 Å². The fourth-order valence-corrected chi connectivity index (χ4v) is 3.38. The molecule has 6 nitrogen and oxygen atoms in total. The third kappa shape index (κ3) is 2.89. The van der Waals surface area contributed by atoms with Crippen LogP contribution in [0.25, 0.3) is 28.1 Å². The predicted octanol–water partition coefficient (Wildman–Crippen LogP) is 4.83. The van der Waals surface area contributed by atoms with Crippen molar-refractivity contribution in [2.75, 3.05) is 4.90 Å². The maximum atomic E-state index is 11.7. The van der Waals surface area contributed by atoms with E-state index < -0.39 is 11.6 Å². The van der Waals surface area contributed by atoms with Crippen molar-refractivity contribution in [3.63, 3.8) is 0 Å². The number of para-hydroxylation sites is 2. The molecular formula is C21H20N4O2. The average molecular weight is 360 g/mol. The lowest BCUT2D eigenvalue weighted by Crippen LogP contribution is -2.45. The molecule has 136 valence electrons. The molecule has 0 bridgehead atoms. The molecule has 0 aliphatic heterocycles. The van der Waals surface area contributed by atoms with Crippen LogP contribution in [0.1, 0.15) is 20.8 Å². The first-order chi connectivity index (χ1) is 12.9. The minimum absolute atomic E-state index is 0.530. The molecule has 0 aliphatic rings. The van der Waals surface area contributed by atoms with Gasteiger partial charge in [0.2, 0.25) is 5.78 Å². The van der Waals surface area contributed by atoms with E-state index in [1.165, 1.54) is 4.90 Å². The summed E-state index contributed by atoms with van der Waals surface area (Å²) in [4.78, 5) is 22.0. The van der Waals surface area contributed by atoms with Crippen molar-refractivity contribution in [3.8, 4) is 11.3 Å². The van der Waals surface area contributed by atoms with Crippen molar-refractivity contribution < 1.29 is 9.90 Å². The minimum atomic E-state index is -0.970. The van der Waals surface area contributed by atoms with Crippen LogP contribution in [0.2, 0.25) is 0 Å². The Hall–Kier alpha value is -3.41. The van der Waals surface area contributed by atoms with E-state index in [0.29, 0.717) is 11.5 Å². The lowest BCUT2D eigenvalue weighted by atomic mass is 10.0. The van der Waals surface area contributed by atoms with Gasteiger partial charge in [0.25, 0.3) is 0 Å². The number of rotatable bonds is 2. The summed E-state index contributed by atoms with van der Waals surface area (Å²) < 4.78 is 2.02. The Morgan fingerprint density at radius 1 is 1.04 bits per heavy atom. The molecule has 0 radical (unpaired) electrons. The van der Waals surface area contributed by atoms with Crippen molar-refractivity contribution in [3.05, 3.63) is 60.8 Å². The Balaban J connectivity index is 1.84. The van der Waals surface area contributed by atoms with Crippen LogP contribution >= 0.6 is 0 Å². The highest BCUT2D eigenvalue weighted by Crippen LogP contribution is 2.29. The van der Waals surface area contributed by atoms with Gasteiger partial charge in [-0.15, -0.1) is 0 Å². The quantitative estimate of drug-likeness (QED) is 0.556. The molecule has 1 amide bonds. The summed E-state index contributed by atoms with van der Waals surface area (Å²) in [6, 6.07) is 17.4. The number of nitrogens with zero attached hydrogens (tertiary/aromatic N) is 4. The van der Waals surface area contributed by atoms with E-state index in [-0.39, 0.29) is 0 Å². The number of hydrogen-bond acceptors (Lipinski definition) is 3.